The van der Waals surface area contributed by atoms with Gasteiger partial charge in [0.1, 0.15) is 0 Å². The maximum atomic E-state index is 10.8. The molecule has 0 aromatic rings. The highest BCUT2D eigenvalue weighted by molar-refractivity contribution is 5.66. The first kappa shape index (κ1) is 11.3. The summed E-state index contributed by atoms with van der Waals surface area (Å²) in [5, 5.41) is 2.68. The molecule has 0 fully saturated rings. The van der Waals surface area contributed by atoms with E-state index in [1.165, 1.54) is 0 Å². The third-order valence-corrected chi connectivity index (χ3v) is 1.42. The lowest BCUT2D eigenvalue weighted by Gasteiger charge is -2.17. The van der Waals surface area contributed by atoms with Crippen molar-refractivity contribution in [2.24, 2.45) is 5.41 Å². The summed E-state index contributed by atoms with van der Waals surface area (Å²) in [5.74, 6) is 0. The first-order valence-electron chi connectivity index (χ1n) is 4.36. The number of nitrogens with one attached hydrogen (secondary N) is 1. The largest absolute Gasteiger partial charge is 0.450 e. The first-order valence-corrected chi connectivity index (χ1v) is 4.36. The zero-order chi connectivity index (χ0) is 9.61. The van der Waals surface area contributed by atoms with Crippen LogP contribution < -0.4 is 5.32 Å². The summed E-state index contributed by atoms with van der Waals surface area (Å²) < 4.78 is 4.71. The van der Waals surface area contributed by atoms with Gasteiger partial charge in [-0.3, -0.25) is 0 Å². The van der Waals surface area contributed by atoms with E-state index >= 15 is 0 Å². The summed E-state index contributed by atoms with van der Waals surface area (Å²) in [4.78, 5) is 10.8. The molecule has 3 nitrogen and oxygen atoms in total. The van der Waals surface area contributed by atoms with Crippen molar-refractivity contribution >= 4 is 6.09 Å². The molecule has 12 heavy (non-hydrogen) atoms. The summed E-state index contributed by atoms with van der Waals surface area (Å²) in [5.41, 5.74) is 0.263. The molecule has 0 rings (SSSR count). The number of alkyl carbamates (subject to hydrolysis) is 1. The molecule has 0 aromatic carbocycles. The predicted molar refractivity (Wildman–Crippen MR) is 49.1 cm³/mol. The van der Waals surface area contributed by atoms with Gasteiger partial charge in [-0.15, -0.1) is 0 Å². The standard InChI is InChI=1S/C9H19NO2/c1-5-12-8(11)10-7-6-9(2,3)4/h5-7H2,1-4H3,(H,10,11). The molecule has 0 aliphatic rings. The van der Waals surface area contributed by atoms with E-state index in [-0.39, 0.29) is 11.5 Å². The number of rotatable bonds is 3. The van der Waals surface area contributed by atoms with Gasteiger partial charge in [0.2, 0.25) is 0 Å². The van der Waals surface area contributed by atoms with Gasteiger partial charge in [0.05, 0.1) is 6.61 Å². The third kappa shape index (κ3) is 7.38. The fourth-order valence-corrected chi connectivity index (χ4v) is 0.722. The molecule has 0 aliphatic carbocycles. The van der Waals surface area contributed by atoms with Crippen LogP contribution in [0.5, 0.6) is 0 Å². The number of carbonyl (C=O) groups excluding carboxylic acids is 1. The van der Waals surface area contributed by atoms with Crippen LogP contribution in [0.3, 0.4) is 0 Å². The Balaban J connectivity index is 3.37. The molecule has 72 valence electrons. The monoisotopic (exact) mass is 173 g/mol. The molecular formula is C9H19NO2. The number of hydrogen-bond acceptors (Lipinski definition) is 2. The van der Waals surface area contributed by atoms with Crippen LogP contribution in [0.15, 0.2) is 0 Å². The third-order valence-electron chi connectivity index (χ3n) is 1.42. The maximum absolute atomic E-state index is 10.8. The minimum Gasteiger partial charge on any atom is -0.450 e. The normalized spacial score (nSPS) is 11.0. The van der Waals surface area contributed by atoms with E-state index < -0.39 is 0 Å². The van der Waals surface area contributed by atoms with E-state index in [9.17, 15) is 4.79 Å². The van der Waals surface area contributed by atoms with Crippen LogP contribution in [0.4, 0.5) is 4.79 Å². The Labute approximate surface area is 74.5 Å². The molecule has 1 N–H and O–H groups in total. The van der Waals surface area contributed by atoms with Crippen molar-refractivity contribution in [1.29, 1.82) is 0 Å². The van der Waals surface area contributed by atoms with Crippen LogP contribution in [0.25, 0.3) is 0 Å². The summed E-state index contributed by atoms with van der Waals surface area (Å²) in [6.45, 7) is 9.33. The molecular weight excluding hydrogens is 154 g/mol. The highest BCUT2D eigenvalue weighted by Gasteiger charge is 2.10. The highest BCUT2D eigenvalue weighted by atomic mass is 16.5. The molecule has 1 amide bonds. The summed E-state index contributed by atoms with van der Waals surface area (Å²) >= 11 is 0. The van der Waals surface area contributed by atoms with Crippen LogP contribution in [-0.4, -0.2) is 19.2 Å². The minimum absolute atomic E-state index is 0.263. The molecule has 0 spiro atoms. The number of amides is 1. The van der Waals surface area contributed by atoms with E-state index in [2.05, 4.69) is 26.1 Å². The molecule has 3 heteroatoms. The molecule has 0 atom stereocenters. The van der Waals surface area contributed by atoms with Crippen molar-refractivity contribution in [3.8, 4) is 0 Å². The lowest BCUT2D eigenvalue weighted by molar-refractivity contribution is 0.151. The molecule has 0 aromatic heterocycles. The van der Waals surface area contributed by atoms with Crippen LogP contribution in [0, 0.1) is 5.41 Å². The Morgan fingerprint density at radius 1 is 1.42 bits per heavy atom. The summed E-state index contributed by atoms with van der Waals surface area (Å²) in [6, 6.07) is 0. The van der Waals surface area contributed by atoms with Crippen molar-refractivity contribution in [3.63, 3.8) is 0 Å². The molecule has 0 saturated heterocycles. The van der Waals surface area contributed by atoms with E-state index in [4.69, 9.17) is 4.74 Å². The smallest absolute Gasteiger partial charge is 0.407 e. The van der Waals surface area contributed by atoms with Gasteiger partial charge < -0.3 is 10.1 Å². The van der Waals surface area contributed by atoms with Gasteiger partial charge in [-0.25, -0.2) is 4.79 Å². The highest BCUT2D eigenvalue weighted by Crippen LogP contribution is 2.16. The van der Waals surface area contributed by atoms with Crippen molar-refractivity contribution in [1.82, 2.24) is 5.32 Å². The second kappa shape index (κ2) is 5.01. The van der Waals surface area contributed by atoms with Gasteiger partial charge in [-0.2, -0.15) is 0 Å². The Bertz CT molecular complexity index is 138. The van der Waals surface area contributed by atoms with Crippen molar-refractivity contribution in [2.45, 2.75) is 34.1 Å². The molecule has 0 heterocycles. The number of hydrogen-bond donors (Lipinski definition) is 1. The lowest BCUT2D eigenvalue weighted by Crippen LogP contribution is -2.27. The predicted octanol–water partition coefficient (Wildman–Crippen LogP) is 2.17. The van der Waals surface area contributed by atoms with Crippen molar-refractivity contribution in [2.75, 3.05) is 13.2 Å². The van der Waals surface area contributed by atoms with Crippen LogP contribution in [0.2, 0.25) is 0 Å². The molecule has 0 unspecified atom stereocenters. The fourth-order valence-electron chi connectivity index (χ4n) is 0.722. The minimum atomic E-state index is -0.318. The Morgan fingerprint density at radius 2 is 2.00 bits per heavy atom. The van der Waals surface area contributed by atoms with E-state index in [1.807, 2.05) is 0 Å². The molecule has 0 aliphatic heterocycles. The van der Waals surface area contributed by atoms with E-state index in [1.54, 1.807) is 6.92 Å². The first-order chi connectivity index (χ1) is 5.45. The molecule has 0 bridgehead atoms. The Hall–Kier alpha value is -0.730. The maximum Gasteiger partial charge on any atom is 0.407 e. The quantitative estimate of drug-likeness (QED) is 0.710. The van der Waals surface area contributed by atoms with Crippen LogP contribution in [0.1, 0.15) is 34.1 Å². The van der Waals surface area contributed by atoms with Crippen LogP contribution >= 0.6 is 0 Å². The van der Waals surface area contributed by atoms with E-state index in [0.29, 0.717) is 13.2 Å². The van der Waals surface area contributed by atoms with Gasteiger partial charge in [-0.05, 0) is 18.8 Å². The molecule has 0 saturated carbocycles. The fraction of sp³-hybridized carbons (Fsp3) is 0.889. The average molecular weight is 173 g/mol. The van der Waals surface area contributed by atoms with Gasteiger partial charge in [-0.1, -0.05) is 20.8 Å². The number of carbonyl (C=O) groups is 1. The van der Waals surface area contributed by atoms with Gasteiger partial charge >= 0.3 is 6.09 Å². The zero-order valence-electron chi connectivity index (χ0n) is 8.44. The van der Waals surface area contributed by atoms with Crippen molar-refractivity contribution in [3.05, 3.63) is 0 Å². The second-order valence-electron chi connectivity index (χ2n) is 3.96. The van der Waals surface area contributed by atoms with Crippen molar-refractivity contribution < 1.29 is 9.53 Å². The van der Waals surface area contributed by atoms with Gasteiger partial charge in [0, 0.05) is 6.54 Å². The Kier molecular flexibility index (Phi) is 4.71. The van der Waals surface area contributed by atoms with Crippen LogP contribution in [-0.2, 0) is 4.74 Å². The van der Waals surface area contributed by atoms with E-state index in [0.717, 1.165) is 6.42 Å². The van der Waals surface area contributed by atoms with Gasteiger partial charge in [0.15, 0.2) is 0 Å². The topological polar surface area (TPSA) is 38.3 Å². The number of ether oxygens (including phenoxy) is 1. The zero-order valence-corrected chi connectivity index (χ0v) is 8.44. The molecule has 0 radical (unpaired) electrons. The lowest BCUT2D eigenvalue weighted by atomic mass is 9.92. The van der Waals surface area contributed by atoms with Gasteiger partial charge in [0.25, 0.3) is 0 Å². The Morgan fingerprint density at radius 3 is 2.42 bits per heavy atom. The summed E-state index contributed by atoms with van der Waals surface area (Å²) in [7, 11) is 0. The summed E-state index contributed by atoms with van der Waals surface area (Å²) in [6.07, 6.45) is 0.646. The second-order valence-corrected chi connectivity index (χ2v) is 3.96. The average Bonchev–Trinajstić information content (AvgIpc) is 1.84. The SMILES string of the molecule is CCOC(=O)NCCC(C)(C)C.